The topological polar surface area (TPSA) is 40.6 Å². The summed E-state index contributed by atoms with van der Waals surface area (Å²) in [6.07, 6.45) is 0. The van der Waals surface area contributed by atoms with Crippen LogP contribution >= 0.6 is 12.1 Å². The fourth-order valence-corrected chi connectivity index (χ4v) is 3.82. The molecule has 1 aliphatic heterocycles. The molecule has 1 heterocycles. The van der Waals surface area contributed by atoms with Gasteiger partial charge in [-0.1, -0.05) is 60.7 Å². The minimum absolute atomic E-state index is 0.274. The van der Waals surface area contributed by atoms with Crippen LogP contribution in [0.2, 0.25) is 0 Å². The molecular formula is C21H16N2O2S. The summed E-state index contributed by atoms with van der Waals surface area (Å²) in [7, 11) is 0. The predicted octanol–water partition coefficient (Wildman–Crippen LogP) is 4.55. The molecule has 5 heteroatoms. The van der Waals surface area contributed by atoms with E-state index in [2.05, 4.69) is 0 Å². The SMILES string of the molecule is O=C1c2ccccc2C(=O)N1SN(Cc1ccccc1)c1ccccc1. The van der Waals surface area contributed by atoms with Gasteiger partial charge in [-0.25, -0.2) is 0 Å². The second-order valence-electron chi connectivity index (χ2n) is 5.89. The summed E-state index contributed by atoms with van der Waals surface area (Å²) in [5, 5.41) is 0. The minimum atomic E-state index is -0.274. The van der Waals surface area contributed by atoms with E-state index in [-0.39, 0.29) is 11.8 Å². The Bertz CT molecular complexity index is 909. The second kappa shape index (κ2) is 7.06. The van der Waals surface area contributed by atoms with E-state index in [1.165, 1.54) is 4.31 Å². The summed E-state index contributed by atoms with van der Waals surface area (Å²) in [6.45, 7) is 0.572. The predicted molar refractivity (Wildman–Crippen MR) is 104 cm³/mol. The molecule has 3 aromatic carbocycles. The lowest BCUT2D eigenvalue weighted by Crippen LogP contribution is -2.29. The Morgan fingerprint density at radius 3 is 1.77 bits per heavy atom. The quantitative estimate of drug-likeness (QED) is 0.494. The molecule has 0 fully saturated rings. The average molecular weight is 360 g/mol. The first-order valence-electron chi connectivity index (χ1n) is 8.26. The highest BCUT2D eigenvalue weighted by atomic mass is 32.2. The van der Waals surface area contributed by atoms with E-state index in [1.54, 1.807) is 24.3 Å². The number of hydrogen-bond acceptors (Lipinski definition) is 4. The molecule has 0 radical (unpaired) electrons. The average Bonchev–Trinajstić information content (AvgIpc) is 2.94. The van der Waals surface area contributed by atoms with Gasteiger partial charge in [0, 0.05) is 5.69 Å². The lowest BCUT2D eigenvalue weighted by atomic mass is 10.1. The van der Waals surface area contributed by atoms with Crippen molar-refractivity contribution in [3.8, 4) is 0 Å². The van der Waals surface area contributed by atoms with Crippen LogP contribution in [0.3, 0.4) is 0 Å². The molecule has 1 aliphatic rings. The summed E-state index contributed by atoms with van der Waals surface area (Å²) in [5.74, 6) is -0.547. The van der Waals surface area contributed by atoms with Gasteiger partial charge in [0.25, 0.3) is 11.8 Å². The first-order valence-corrected chi connectivity index (χ1v) is 8.99. The number of carbonyl (C=O) groups excluding carboxylic acids is 2. The minimum Gasteiger partial charge on any atom is -0.294 e. The number of benzene rings is 3. The van der Waals surface area contributed by atoms with E-state index in [0.717, 1.165) is 23.4 Å². The van der Waals surface area contributed by atoms with E-state index in [4.69, 9.17) is 0 Å². The largest absolute Gasteiger partial charge is 0.294 e. The molecule has 0 N–H and O–H groups in total. The first-order chi connectivity index (χ1) is 12.7. The van der Waals surface area contributed by atoms with Gasteiger partial charge < -0.3 is 0 Å². The normalized spacial score (nSPS) is 13.0. The van der Waals surface area contributed by atoms with Crippen molar-refractivity contribution in [2.45, 2.75) is 6.54 Å². The lowest BCUT2D eigenvalue weighted by molar-refractivity contribution is 0.0777. The van der Waals surface area contributed by atoms with Gasteiger partial charge in [0.05, 0.1) is 29.8 Å². The second-order valence-corrected chi connectivity index (χ2v) is 6.86. The van der Waals surface area contributed by atoms with Crippen molar-refractivity contribution < 1.29 is 9.59 Å². The van der Waals surface area contributed by atoms with Crippen molar-refractivity contribution in [1.29, 1.82) is 0 Å². The van der Waals surface area contributed by atoms with Crippen molar-refractivity contribution in [3.63, 3.8) is 0 Å². The highest BCUT2D eigenvalue weighted by molar-refractivity contribution is 7.99. The number of para-hydroxylation sites is 1. The molecule has 2 amide bonds. The van der Waals surface area contributed by atoms with Crippen molar-refractivity contribution in [2.24, 2.45) is 0 Å². The summed E-state index contributed by atoms with van der Waals surface area (Å²) >= 11 is 1.14. The molecule has 4 rings (SSSR count). The number of fused-ring (bicyclic) bond motifs is 1. The zero-order valence-corrected chi connectivity index (χ0v) is 14.7. The van der Waals surface area contributed by atoms with E-state index >= 15 is 0 Å². The zero-order valence-electron chi connectivity index (χ0n) is 13.9. The van der Waals surface area contributed by atoms with Gasteiger partial charge in [-0.05, 0) is 29.8 Å². The maximum absolute atomic E-state index is 12.7. The van der Waals surface area contributed by atoms with Crippen LogP contribution in [0.25, 0.3) is 0 Å². The highest BCUT2D eigenvalue weighted by Crippen LogP contribution is 2.34. The molecule has 0 aromatic heterocycles. The van der Waals surface area contributed by atoms with Gasteiger partial charge >= 0.3 is 0 Å². The standard InChI is InChI=1S/C21H16N2O2S/c24-20-18-13-7-8-14-19(18)21(25)23(20)26-22(17-11-5-2-6-12-17)15-16-9-3-1-4-10-16/h1-14H,15H2. The van der Waals surface area contributed by atoms with Crippen molar-refractivity contribution in [1.82, 2.24) is 4.31 Å². The molecule has 128 valence electrons. The maximum Gasteiger partial charge on any atom is 0.273 e. The van der Waals surface area contributed by atoms with Gasteiger partial charge in [-0.15, -0.1) is 0 Å². The van der Waals surface area contributed by atoms with Crippen LogP contribution in [0.4, 0.5) is 5.69 Å². The van der Waals surface area contributed by atoms with E-state index in [0.29, 0.717) is 17.7 Å². The smallest absolute Gasteiger partial charge is 0.273 e. The molecule has 0 atom stereocenters. The molecule has 0 unspecified atom stereocenters. The zero-order chi connectivity index (χ0) is 17.9. The van der Waals surface area contributed by atoms with Gasteiger partial charge in [-0.3, -0.25) is 13.9 Å². The third-order valence-corrected chi connectivity index (χ3v) is 5.18. The third kappa shape index (κ3) is 3.09. The number of anilines is 1. The van der Waals surface area contributed by atoms with Gasteiger partial charge in [-0.2, -0.15) is 4.31 Å². The molecule has 0 saturated carbocycles. The highest BCUT2D eigenvalue weighted by Gasteiger charge is 2.37. The fraction of sp³-hybridized carbons (Fsp3) is 0.0476. The molecule has 3 aromatic rings. The number of nitrogens with zero attached hydrogens (tertiary/aromatic N) is 2. The van der Waals surface area contributed by atoms with Crippen LogP contribution in [0.15, 0.2) is 84.9 Å². The van der Waals surface area contributed by atoms with E-state index < -0.39 is 0 Å². The first kappa shape index (κ1) is 16.4. The van der Waals surface area contributed by atoms with Crippen LogP contribution in [-0.4, -0.2) is 16.1 Å². The lowest BCUT2D eigenvalue weighted by Gasteiger charge is -2.26. The van der Waals surface area contributed by atoms with Crippen LogP contribution in [0.5, 0.6) is 0 Å². The molecule has 4 nitrogen and oxygen atoms in total. The molecule has 0 spiro atoms. The van der Waals surface area contributed by atoms with Gasteiger partial charge in [0.2, 0.25) is 0 Å². The van der Waals surface area contributed by atoms with Crippen molar-refractivity contribution in [3.05, 3.63) is 102 Å². The van der Waals surface area contributed by atoms with Crippen LogP contribution in [-0.2, 0) is 6.54 Å². The fourth-order valence-electron chi connectivity index (χ4n) is 2.85. The Labute approximate surface area is 156 Å². The Kier molecular flexibility index (Phi) is 4.46. The third-order valence-electron chi connectivity index (χ3n) is 4.15. The van der Waals surface area contributed by atoms with Crippen LogP contribution < -0.4 is 4.31 Å². The number of hydrogen-bond donors (Lipinski definition) is 0. The molecule has 0 aliphatic carbocycles. The monoisotopic (exact) mass is 360 g/mol. The number of rotatable bonds is 5. The van der Waals surface area contributed by atoms with Gasteiger partial charge in [0.1, 0.15) is 0 Å². The van der Waals surface area contributed by atoms with Crippen LogP contribution in [0, 0.1) is 0 Å². The Balaban J connectivity index is 1.63. The number of amides is 2. The molecule has 26 heavy (non-hydrogen) atoms. The van der Waals surface area contributed by atoms with Gasteiger partial charge in [0.15, 0.2) is 0 Å². The van der Waals surface area contributed by atoms with Crippen molar-refractivity contribution in [2.75, 3.05) is 4.31 Å². The van der Waals surface area contributed by atoms with E-state index in [9.17, 15) is 9.59 Å². The van der Waals surface area contributed by atoms with E-state index in [1.807, 2.05) is 65.0 Å². The summed E-state index contributed by atoms with van der Waals surface area (Å²) in [5.41, 5.74) is 2.94. The number of carbonyl (C=O) groups is 2. The maximum atomic E-state index is 12.7. The summed E-state index contributed by atoms with van der Waals surface area (Å²) < 4.78 is 3.19. The van der Waals surface area contributed by atoms with Crippen molar-refractivity contribution >= 4 is 29.6 Å². The Hall–Kier alpha value is -3.05. The molecular weight excluding hydrogens is 344 g/mol. The summed E-state index contributed by atoms with van der Waals surface area (Å²) in [6, 6.07) is 26.7. The Morgan fingerprint density at radius 2 is 1.19 bits per heavy atom. The Morgan fingerprint density at radius 1 is 0.692 bits per heavy atom. The van der Waals surface area contributed by atoms with Crippen LogP contribution in [0.1, 0.15) is 26.3 Å². The number of imide groups is 1. The summed E-state index contributed by atoms with van der Waals surface area (Å²) in [4.78, 5) is 25.4. The molecule has 0 saturated heterocycles. The molecule has 0 bridgehead atoms.